The van der Waals surface area contributed by atoms with Gasteiger partial charge in [0.2, 0.25) is 5.91 Å². The average Bonchev–Trinajstić information content (AvgIpc) is 2.45. The van der Waals surface area contributed by atoms with Crippen LogP contribution in [0.5, 0.6) is 0 Å². The fourth-order valence-electron chi connectivity index (χ4n) is 1.91. The number of carbonyl (C=O) groups is 1. The van der Waals surface area contributed by atoms with Gasteiger partial charge < -0.3 is 10.6 Å². The van der Waals surface area contributed by atoms with E-state index in [1.54, 1.807) is 4.90 Å². The molecule has 0 spiro atoms. The first-order valence-electron chi connectivity index (χ1n) is 6.88. The summed E-state index contributed by atoms with van der Waals surface area (Å²) in [4.78, 5) is 13.8. The van der Waals surface area contributed by atoms with E-state index < -0.39 is 17.7 Å². The Bertz CT molecular complexity index is 465. The highest BCUT2D eigenvalue weighted by atomic mass is 19.2. The maximum atomic E-state index is 13.2. The van der Waals surface area contributed by atoms with E-state index in [9.17, 15) is 13.6 Å². The zero-order valence-electron chi connectivity index (χ0n) is 12.2. The van der Waals surface area contributed by atoms with E-state index in [0.29, 0.717) is 12.1 Å². The van der Waals surface area contributed by atoms with Crippen LogP contribution in [0.1, 0.15) is 32.8 Å². The van der Waals surface area contributed by atoms with Gasteiger partial charge in [-0.05, 0) is 30.5 Å². The zero-order valence-corrected chi connectivity index (χ0v) is 12.2. The Kier molecular flexibility index (Phi) is 6.07. The van der Waals surface area contributed by atoms with Crippen LogP contribution in [0.3, 0.4) is 0 Å². The van der Waals surface area contributed by atoms with Crippen molar-refractivity contribution in [2.24, 2.45) is 11.7 Å². The zero-order chi connectivity index (χ0) is 15.3. The molecule has 0 aromatic heterocycles. The molecule has 1 aromatic carbocycles. The topological polar surface area (TPSA) is 46.3 Å². The van der Waals surface area contributed by atoms with Gasteiger partial charge in [0.15, 0.2) is 11.6 Å². The minimum absolute atomic E-state index is 0.0847. The Labute approximate surface area is 118 Å². The van der Waals surface area contributed by atoms with Gasteiger partial charge >= 0.3 is 0 Å². The van der Waals surface area contributed by atoms with Crippen LogP contribution in [0.2, 0.25) is 0 Å². The van der Waals surface area contributed by atoms with Crippen molar-refractivity contribution in [3.63, 3.8) is 0 Å². The van der Waals surface area contributed by atoms with Gasteiger partial charge in [-0.15, -0.1) is 0 Å². The summed E-state index contributed by atoms with van der Waals surface area (Å²) in [6, 6.07) is 3.09. The lowest BCUT2D eigenvalue weighted by Gasteiger charge is -2.27. The van der Waals surface area contributed by atoms with Crippen LogP contribution in [0.25, 0.3) is 0 Å². The maximum absolute atomic E-state index is 13.2. The van der Waals surface area contributed by atoms with Crippen molar-refractivity contribution in [2.45, 2.75) is 39.8 Å². The number of hydrogen-bond donors (Lipinski definition) is 1. The lowest BCUT2D eigenvalue weighted by Crippen LogP contribution is -2.46. The first-order chi connectivity index (χ1) is 9.40. The summed E-state index contributed by atoms with van der Waals surface area (Å²) in [6.45, 7) is 6.44. The largest absolute Gasteiger partial charge is 0.337 e. The Morgan fingerprint density at radius 2 is 1.95 bits per heavy atom. The maximum Gasteiger partial charge on any atom is 0.240 e. The molecule has 0 aliphatic heterocycles. The predicted molar refractivity (Wildman–Crippen MR) is 74.9 cm³/mol. The molecule has 0 saturated heterocycles. The van der Waals surface area contributed by atoms with Gasteiger partial charge in [0, 0.05) is 13.1 Å². The number of amides is 1. The standard InChI is InChI=1S/C15H22F2N2O/c1-4-10(3)14(18)15(20)19(5-2)9-11-6-7-12(16)13(17)8-11/h6-8,10,14H,4-5,9,18H2,1-3H3. The normalized spacial score (nSPS) is 13.9. The molecule has 0 bridgehead atoms. The summed E-state index contributed by atoms with van der Waals surface area (Å²) >= 11 is 0. The Hall–Kier alpha value is -1.49. The Morgan fingerprint density at radius 1 is 1.30 bits per heavy atom. The average molecular weight is 284 g/mol. The molecule has 1 amide bonds. The summed E-state index contributed by atoms with van der Waals surface area (Å²) in [7, 11) is 0. The molecule has 20 heavy (non-hydrogen) atoms. The van der Waals surface area contributed by atoms with Gasteiger partial charge in [-0.25, -0.2) is 8.78 Å². The third kappa shape index (κ3) is 4.00. The number of carbonyl (C=O) groups excluding carboxylic acids is 1. The molecule has 2 atom stereocenters. The molecule has 112 valence electrons. The van der Waals surface area contributed by atoms with Crippen LogP contribution >= 0.6 is 0 Å². The smallest absolute Gasteiger partial charge is 0.240 e. The van der Waals surface area contributed by atoms with Gasteiger partial charge in [0.05, 0.1) is 6.04 Å². The number of nitrogens with zero attached hydrogens (tertiary/aromatic N) is 1. The van der Waals surface area contributed by atoms with E-state index in [1.807, 2.05) is 20.8 Å². The van der Waals surface area contributed by atoms with Crippen LogP contribution in [-0.4, -0.2) is 23.4 Å². The highest BCUT2D eigenvalue weighted by Crippen LogP contribution is 2.14. The summed E-state index contributed by atoms with van der Waals surface area (Å²) in [5, 5.41) is 0. The number of halogens is 2. The van der Waals surface area contributed by atoms with Crippen molar-refractivity contribution in [3.05, 3.63) is 35.4 Å². The molecule has 0 heterocycles. The van der Waals surface area contributed by atoms with Gasteiger partial charge in [0.1, 0.15) is 0 Å². The lowest BCUT2D eigenvalue weighted by atomic mass is 9.98. The highest BCUT2D eigenvalue weighted by molar-refractivity contribution is 5.81. The fourth-order valence-corrected chi connectivity index (χ4v) is 1.91. The summed E-state index contributed by atoms with van der Waals surface area (Å²) in [5.41, 5.74) is 6.48. The van der Waals surface area contributed by atoms with Crippen LogP contribution < -0.4 is 5.73 Å². The van der Waals surface area contributed by atoms with E-state index in [4.69, 9.17) is 5.73 Å². The van der Waals surface area contributed by atoms with Crippen LogP contribution in [0.15, 0.2) is 18.2 Å². The second kappa shape index (κ2) is 7.33. The number of rotatable bonds is 6. The molecule has 1 rings (SSSR count). The monoisotopic (exact) mass is 284 g/mol. The van der Waals surface area contributed by atoms with E-state index in [1.165, 1.54) is 6.07 Å². The van der Waals surface area contributed by atoms with Crippen molar-refractivity contribution in [1.29, 1.82) is 0 Å². The summed E-state index contributed by atoms with van der Waals surface area (Å²) < 4.78 is 26.1. The molecule has 0 aliphatic rings. The minimum Gasteiger partial charge on any atom is -0.337 e. The fraction of sp³-hybridized carbons (Fsp3) is 0.533. The number of benzene rings is 1. The molecular formula is C15H22F2N2O. The molecule has 0 aliphatic carbocycles. The molecule has 0 saturated carbocycles. The van der Waals surface area contributed by atoms with Gasteiger partial charge in [0.25, 0.3) is 0 Å². The number of hydrogen-bond acceptors (Lipinski definition) is 2. The molecule has 5 heteroatoms. The molecule has 2 unspecified atom stereocenters. The third-order valence-electron chi connectivity index (χ3n) is 3.59. The SMILES string of the molecule is CCC(C)C(N)C(=O)N(CC)Cc1ccc(F)c(F)c1. The first-order valence-corrected chi connectivity index (χ1v) is 6.88. The second-order valence-electron chi connectivity index (χ2n) is 5.01. The van der Waals surface area contributed by atoms with Gasteiger partial charge in [-0.1, -0.05) is 26.3 Å². The number of nitrogens with two attached hydrogens (primary N) is 1. The molecule has 0 fully saturated rings. The van der Waals surface area contributed by atoms with Crippen LogP contribution in [0.4, 0.5) is 8.78 Å². The van der Waals surface area contributed by atoms with E-state index >= 15 is 0 Å². The molecule has 3 nitrogen and oxygen atoms in total. The van der Waals surface area contributed by atoms with E-state index in [0.717, 1.165) is 18.6 Å². The molecule has 0 radical (unpaired) electrons. The van der Waals surface area contributed by atoms with Crippen molar-refractivity contribution < 1.29 is 13.6 Å². The quantitative estimate of drug-likeness (QED) is 0.873. The Morgan fingerprint density at radius 3 is 2.45 bits per heavy atom. The van der Waals surface area contributed by atoms with Gasteiger partial charge in [-0.2, -0.15) is 0 Å². The van der Waals surface area contributed by atoms with Crippen molar-refractivity contribution in [3.8, 4) is 0 Å². The molecular weight excluding hydrogens is 262 g/mol. The lowest BCUT2D eigenvalue weighted by molar-refractivity contribution is -0.134. The van der Waals surface area contributed by atoms with Crippen molar-refractivity contribution >= 4 is 5.91 Å². The predicted octanol–water partition coefficient (Wildman–Crippen LogP) is 2.69. The summed E-state index contributed by atoms with van der Waals surface area (Å²) in [6.07, 6.45) is 0.815. The summed E-state index contributed by atoms with van der Waals surface area (Å²) in [5.74, 6) is -1.87. The Balaban J connectivity index is 2.80. The molecule has 1 aromatic rings. The van der Waals surface area contributed by atoms with Crippen molar-refractivity contribution in [1.82, 2.24) is 4.90 Å². The van der Waals surface area contributed by atoms with Crippen molar-refractivity contribution in [2.75, 3.05) is 6.54 Å². The highest BCUT2D eigenvalue weighted by Gasteiger charge is 2.24. The minimum atomic E-state index is -0.905. The van der Waals surface area contributed by atoms with Crippen LogP contribution in [-0.2, 0) is 11.3 Å². The van der Waals surface area contributed by atoms with E-state index in [2.05, 4.69) is 0 Å². The van der Waals surface area contributed by atoms with Crippen LogP contribution in [0, 0.1) is 17.6 Å². The third-order valence-corrected chi connectivity index (χ3v) is 3.59. The first kappa shape index (κ1) is 16.6. The second-order valence-corrected chi connectivity index (χ2v) is 5.01. The van der Waals surface area contributed by atoms with E-state index in [-0.39, 0.29) is 18.4 Å². The van der Waals surface area contributed by atoms with Gasteiger partial charge in [-0.3, -0.25) is 4.79 Å². The molecule has 2 N–H and O–H groups in total. The number of likely N-dealkylation sites (N-methyl/N-ethyl adjacent to an activating group) is 1.